The molecule has 4 nitrogen and oxygen atoms in total. The van der Waals surface area contributed by atoms with Crippen LogP contribution in [0.5, 0.6) is 5.75 Å². The lowest BCUT2D eigenvalue weighted by Gasteiger charge is -2.32. The van der Waals surface area contributed by atoms with Gasteiger partial charge in [-0.2, -0.15) is 0 Å². The van der Waals surface area contributed by atoms with Crippen LogP contribution < -0.4 is 10.1 Å². The summed E-state index contributed by atoms with van der Waals surface area (Å²) >= 11 is 3.43. The van der Waals surface area contributed by atoms with E-state index in [2.05, 4.69) is 21.2 Å². The van der Waals surface area contributed by atoms with Crippen molar-refractivity contribution in [2.75, 3.05) is 26.2 Å². The first-order valence-corrected chi connectivity index (χ1v) is 9.89. The maximum atomic E-state index is 12.3. The fourth-order valence-electron chi connectivity index (χ4n) is 3.12. The van der Waals surface area contributed by atoms with Gasteiger partial charge in [-0.25, -0.2) is 0 Å². The third kappa shape index (κ3) is 7.16. The molecule has 6 heteroatoms. The second-order valence-corrected chi connectivity index (χ2v) is 7.83. The number of ether oxygens (including phenoxy) is 1. The number of nitrogens with zero attached hydrogens (tertiary/aromatic N) is 1. The molecule has 140 valence electrons. The first-order chi connectivity index (χ1) is 11.7. The predicted molar refractivity (Wildman–Crippen MR) is 106 cm³/mol. The Labute approximate surface area is 165 Å². The molecule has 25 heavy (non-hydrogen) atoms. The fraction of sp³-hybridized carbons (Fsp3) is 0.632. The molecule has 0 unspecified atom stereocenters. The number of carbonyl (C=O) groups excluding carboxylic acids is 1. The number of amides is 1. The lowest BCUT2D eigenvalue weighted by atomic mass is 10.0. The molecule has 1 aromatic rings. The average Bonchev–Trinajstić information content (AvgIpc) is 3.42. The summed E-state index contributed by atoms with van der Waals surface area (Å²) in [6.07, 6.45) is 6.32. The minimum atomic E-state index is 0. The highest BCUT2D eigenvalue weighted by atomic mass is 79.9. The molecule has 1 heterocycles. The molecule has 2 aliphatic rings. The van der Waals surface area contributed by atoms with E-state index in [4.69, 9.17) is 4.74 Å². The molecule has 0 spiro atoms. The molecule has 1 saturated heterocycles. The van der Waals surface area contributed by atoms with Crippen LogP contribution in [0.3, 0.4) is 0 Å². The number of hydrogen-bond donors (Lipinski definition) is 1. The van der Waals surface area contributed by atoms with E-state index < -0.39 is 0 Å². The average molecular weight is 432 g/mol. The number of hydrogen-bond acceptors (Lipinski definition) is 3. The summed E-state index contributed by atoms with van der Waals surface area (Å²) in [5.41, 5.74) is 0. The van der Waals surface area contributed by atoms with Gasteiger partial charge in [0.15, 0.2) is 0 Å². The number of likely N-dealkylation sites (tertiary alicyclic amines) is 1. The van der Waals surface area contributed by atoms with Crippen LogP contribution in [0, 0.1) is 5.92 Å². The first-order valence-electron chi connectivity index (χ1n) is 9.10. The van der Waals surface area contributed by atoms with Crippen molar-refractivity contribution in [3.05, 3.63) is 28.7 Å². The van der Waals surface area contributed by atoms with Crippen LogP contribution in [-0.2, 0) is 4.79 Å². The molecule has 2 fully saturated rings. The van der Waals surface area contributed by atoms with Crippen molar-refractivity contribution in [3.8, 4) is 5.75 Å². The van der Waals surface area contributed by atoms with Crippen molar-refractivity contribution < 1.29 is 9.53 Å². The van der Waals surface area contributed by atoms with Gasteiger partial charge in [0.2, 0.25) is 5.91 Å². The second kappa shape index (κ2) is 10.4. The summed E-state index contributed by atoms with van der Waals surface area (Å²) in [5.74, 6) is 2.04. The zero-order chi connectivity index (χ0) is 16.8. The van der Waals surface area contributed by atoms with Crippen molar-refractivity contribution in [1.29, 1.82) is 0 Å². The summed E-state index contributed by atoms with van der Waals surface area (Å²) < 4.78 is 6.70. The zero-order valence-electron chi connectivity index (χ0n) is 14.6. The Balaban J connectivity index is 0.00000225. The van der Waals surface area contributed by atoms with Crippen LogP contribution in [0.15, 0.2) is 28.7 Å². The highest BCUT2D eigenvalue weighted by Crippen LogP contribution is 2.28. The molecular formula is C19H28BrClN2O2. The van der Waals surface area contributed by atoms with Gasteiger partial charge in [0.05, 0.1) is 6.61 Å². The number of halogens is 2. The topological polar surface area (TPSA) is 41.6 Å². The van der Waals surface area contributed by atoms with Gasteiger partial charge < -0.3 is 15.0 Å². The number of benzene rings is 1. The fourth-order valence-corrected chi connectivity index (χ4v) is 3.49. The Morgan fingerprint density at radius 1 is 1.24 bits per heavy atom. The summed E-state index contributed by atoms with van der Waals surface area (Å²) in [6.45, 7) is 3.55. The number of nitrogens with one attached hydrogen (secondary N) is 1. The van der Waals surface area contributed by atoms with Crippen molar-refractivity contribution in [1.82, 2.24) is 10.2 Å². The van der Waals surface area contributed by atoms with Crippen LogP contribution in [-0.4, -0.2) is 43.1 Å². The molecular weight excluding hydrogens is 404 g/mol. The SMILES string of the molecule is Cl.O=C(CCCOc1cccc(Br)c1)N1CCC(NCC2CC2)CC1. The third-order valence-corrected chi connectivity index (χ3v) is 5.33. The Morgan fingerprint density at radius 3 is 2.68 bits per heavy atom. The molecule has 0 atom stereocenters. The minimum absolute atomic E-state index is 0. The van der Waals surface area contributed by atoms with E-state index in [-0.39, 0.29) is 18.3 Å². The molecule has 0 bridgehead atoms. The van der Waals surface area contributed by atoms with Crippen LogP contribution in [0.4, 0.5) is 0 Å². The lowest BCUT2D eigenvalue weighted by Crippen LogP contribution is -2.45. The van der Waals surface area contributed by atoms with E-state index in [0.29, 0.717) is 19.1 Å². The molecule has 1 aliphatic heterocycles. The van der Waals surface area contributed by atoms with Gasteiger partial charge in [-0.05, 0) is 62.8 Å². The highest BCUT2D eigenvalue weighted by Gasteiger charge is 2.25. The standard InChI is InChI=1S/C19H27BrN2O2.ClH/c20-16-3-1-4-18(13-16)24-12-2-5-19(23)22-10-8-17(9-11-22)21-14-15-6-7-15;/h1,3-4,13,15,17,21H,2,5-12,14H2;1H. The van der Waals surface area contributed by atoms with Crippen LogP contribution in [0.25, 0.3) is 0 Å². The summed E-state index contributed by atoms with van der Waals surface area (Å²) in [5, 5.41) is 3.66. The molecule has 1 aliphatic carbocycles. The monoisotopic (exact) mass is 430 g/mol. The third-order valence-electron chi connectivity index (χ3n) is 4.84. The van der Waals surface area contributed by atoms with E-state index in [1.807, 2.05) is 29.2 Å². The summed E-state index contributed by atoms with van der Waals surface area (Å²) in [7, 11) is 0. The lowest BCUT2D eigenvalue weighted by molar-refractivity contribution is -0.132. The molecule has 1 aromatic carbocycles. The van der Waals surface area contributed by atoms with Crippen molar-refractivity contribution in [2.24, 2.45) is 5.92 Å². The quantitative estimate of drug-likeness (QED) is 0.632. The van der Waals surface area contributed by atoms with Crippen molar-refractivity contribution in [2.45, 2.75) is 44.6 Å². The molecule has 1 amide bonds. The predicted octanol–water partition coefficient (Wildman–Crippen LogP) is 4.02. The van der Waals surface area contributed by atoms with Crippen molar-refractivity contribution >= 4 is 34.2 Å². The van der Waals surface area contributed by atoms with E-state index in [9.17, 15) is 4.79 Å². The maximum Gasteiger partial charge on any atom is 0.222 e. The van der Waals surface area contributed by atoms with E-state index >= 15 is 0 Å². The molecule has 1 saturated carbocycles. The highest BCUT2D eigenvalue weighted by molar-refractivity contribution is 9.10. The Bertz CT molecular complexity index is 546. The first kappa shape index (κ1) is 20.5. The maximum absolute atomic E-state index is 12.3. The van der Waals surface area contributed by atoms with E-state index in [0.717, 1.165) is 48.5 Å². The van der Waals surface area contributed by atoms with Gasteiger partial charge >= 0.3 is 0 Å². The van der Waals surface area contributed by atoms with Gasteiger partial charge in [0.25, 0.3) is 0 Å². The zero-order valence-corrected chi connectivity index (χ0v) is 17.0. The van der Waals surface area contributed by atoms with E-state index in [1.54, 1.807) is 0 Å². The van der Waals surface area contributed by atoms with Gasteiger partial charge in [-0.1, -0.05) is 22.0 Å². The van der Waals surface area contributed by atoms with Crippen molar-refractivity contribution in [3.63, 3.8) is 0 Å². The van der Waals surface area contributed by atoms with Gasteiger partial charge in [0.1, 0.15) is 5.75 Å². The molecule has 0 aromatic heterocycles. The second-order valence-electron chi connectivity index (χ2n) is 6.92. The van der Waals surface area contributed by atoms with Gasteiger partial charge in [-0.3, -0.25) is 4.79 Å². The Morgan fingerprint density at radius 2 is 2.00 bits per heavy atom. The summed E-state index contributed by atoms with van der Waals surface area (Å²) in [4.78, 5) is 14.3. The van der Waals surface area contributed by atoms with Crippen LogP contribution >= 0.6 is 28.3 Å². The van der Waals surface area contributed by atoms with Crippen LogP contribution in [0.2, 0.25) is 0 Å². The van der Waals surface area contributed by atoms with Crippen LogP contribution in [0.1, 0.15) is 38.5 Å². The Hall–Kier alpha value is -0.780. The number of carbonyl (C=O) groups is 1. The molecule has 0 radical (unpaired) electrons. The molecule has 1 N–H and O–H groups in total. The normalized spacial score (nSPS) is 17.9. The minimum Gasteiger partial charge on any atom is -0.494 e. The van der Waals surface area contributed by atoms with Gasteiger partial charge in [0, 0.05) is 30.0 Å². The number of rotatable bonds is 8. The van der Waals surface area contributed by atoms with E-state index in [1.165, 1.54) is 19.4 Å². The summed E-state index contributed by atoms with van der Waals surface area (Å²) in [6, 6.07) is 8.41. The Kier molecular flexibility index (Phi) is 8.53. The largest absolute Gasteiger partial charge is 0.494 e. The smallest absolute Gasteiger partial charge is 0.222 e. The number of piperidine rings is 1. The van der Waals surface area contributed by atoms with Gasteiger partial charge in [-0.15, -0.1) is 12.4 Å². The molecule has 3 rings (SSSR count).